The van der Waals surface area contributed by atoms with E-state index >= 15 is 0 Å². The molecule has 0 aromatic heterocycles. The summed E-state index contributed by atoms with van der Waals surface area (Å²) in [7, 11) is 1.60. The Hall–Kier alpha value is -2.81. The molecule has 1 aromatic rings. The van der Waals surface area contributed by atoms with Gasteiger partial charge in [0.05, 0.1) is 30.0 Å². The number of carbonyl (C=O) groups is 3. The van der Waals surface area contributed by atoms with Gasteiger partial charge >= 0.3 is 0 Å². The third kappa shape index (κ3) is 10.2. The average Bonchev–Trinajstić information content (AvgIpc) is 3.30. The van der Waals surface area contributed by atoms with E-state index in [-0.39, 0.29) is 40.8 Å². The lowest BCUT2D eigenvalue weighted by Gasteiger charge is -2.27. The molecular formula is C31H48N6O4S. The molecule has 2 heterocycles. The average molecular weight is 601 g/mol. The number of carbonyl (C=O) groups excluding carboxylic acids is 3. The summed E-state index contributed by atoms with van der Waals surface area (Å²) < 4.78 is 5.22. The van der Waals surface area contributed by atoms with Crippen molar-refractivity contribution in [1.82, 2.24) is 20.4 Å². The Labute approximate surface area is 255 Å². The Morgan fingerprint density at radius 2 is 1.86 bits per heavy atom. The standard InChI is InChI=1S/C31H48N6O4S/c1-4-9-26(22-41-3)35-28(38)19-24(20-32)31-37(15-5-2)30(40)27(42-31)21-34-25-12-10-23(11-13-25)29(39)33-14-18-36-16-7-6-8-17-36/h10-13,24,26-27,31,34H,4-9,14-19,21-22H2,1-3H3,(H,33,39)(H,35,38)/t24?,26?,27?,31-/m0/s1. The number of nitrogens with zero attached hydrogens (tertiary/aromatic N) is 3. The fraction of sp³-hybridized carbons (Fsp3) is 0.677. The highest BCUT2D eigenvalue weighted by molar-refractivity contribution is 8.01. The van der Waals surface area contributed by atoms with Gasteiger partial charge in [-0.15, -0.1) is 11.8 Å². The summed E-state index contributed by atoms with van der Waals surface area (Å²) in [5.41, 5.74) is 1.41. The SMILES string of the molecule is CCCC(COC)NC(=O)CC(C#N)[C@@H]1SC(CNc2ccc(C(=O)NCCN3CCCCC3)cc2)C(=O)N1CCC. The first-order valence-electron chi connectivity index (χ1n) is 15.4. The fourth-order valence-electron chi connectivity index (χ4n) is 5.54. The highest BCUT2D eigenvalue weighted by atomic mass is 32.2. The van der Waals surface area contributed by atoms with Crippen LogP contribution in [0.25, 0.3) is 0 Å². The quantitative estimate of drug-likeness (QED) is 0.248. The third-order valence-corrected chi connectivity index (χ3v) is 9.28. The number of hydrogen-bond acceptors (Lipinski definition) is 8. The molecule has 11 heteroatoms. The number of nitrogens with one attached hydrogen (secondary N) is 3. The van der Waals surface area contributed by atoms with Crippen LogP contribution in [0.5, 0.6) is 0 Å². The molecule has 2 aliphatic rings. The highest BCUT2D eigenvalue weighted by Crippen LogP contribution is 2.37. The van der Waals surface area contributed by atoms with Gasteiger partial charge in [0.1, 0.15) is 5.25 Å². The molecule has 3 unspecified atom stereocenters. The van der Waals surface area contributed by atoms with E-state index in [4.69, 9.17) is 4.74 Å². The molecule has 0 bridgehead atoms. The summed E-state index contributed by atoms with van der Waals surface area (Å²) >= 11 is 1.45. The minimum absolute atomic E-state index is 0.0204. The molecule has 2 aliphatic heterocycles. The minimum atomic E-state index is -0.618. The van der Waals surface area contributed by atoms with Crippen molar-refractivity contribution >= 4 is 35.2 Å². The number of likely N-dealkylation sites (tertiary alicyclic amines) is 1. The summed E-state index contributed by atoms with van der Waals surface area (Å²) in [4.78, 5) is 42.8. The molecule has 232 valence electrons. The molecule has 3 rings (SSSR count). The zero-order chi connectivity index (χ0) is 30.3. The number of nitriles is 1. The number of piperidine rings is 1. The van der Waals surface area contributed by atoms with Gasteiger partial charge in [-0.1, -0.05) is 26.7 Å². The number of benzene rings is 1. The molecule has 4 atom stereocenters. The first-order valence-corrected chi connectivity index (χ1v) is 16.3. The van der Waals surface area contributed by atoms with Gasteiger partial charge in [-0.05, 0) is 63.0 Å². The lowest BCUT2D eigenvalue weighted by Crippen LogP contribution is -2.42. The number of thioether (sulfide) groups is 1. The van der Waals surface area contributed by atoms with Crippen LogP contribution in [0, 0.1) is 17.2 Å². The Morgan fingerprint density at radius 1 is 1.12 bits per heavy atom. The Morgan fingerprint density at radius 3 is 2.50 bits per heavy atom. The Balaban J connectivity index is 1.52. The highest BCUT2D eigenvalue weighted by Gasteiger charge is 2.44. The molecule has 0 spiro atoms. The van der Waals surface area contributed by atoms with Crippen molar-refractivity contribution in [3.05, 3.63) is 29.8 Å². The molecule has 10 nitrogen and oxygen atoms in total. The van der Waals surface area contributed by atoms with Crippen molar-refractivity contribution in [3.63, 3.8) is 0 Å². The van der Waals surface area contributed by atoms with E-state index in [2.05, 4.69) is 26.9 Å². The second-order valence-corrected chi connectivity index (χ2v) is 12.4. The number of hydrogen-bond donors (Lipinski definition) is 3. The maximum atomic E-state index is 13.3. The molecule has 0 saturated carbocycles. The van der Waals surface area contributed by atoms with E-state index < -0.39 is 5.92 Å². The van der Waals surface area contributed by atoms with Crippen LogP contribution in [-0.2, 0) is 14.3 Å². The van der Waals surface area contributed by atoms with Crippen molar-refractivity contribution in [3.8, 4) is 6.07 Å². The van der Waals surface area contributed by atoms with Crippen LogP contribution in [0.1, 0.15) is 69.2 Å². The number of rotatable bonds is 17. The third-order valence-electron chi connectivity index (χ3n) is 7.72. The van der Waals surface area contributed by atoms with Crippen molar-refractivity contribution < 1.29 is 19.1 Å². The van der Waals surface area contributed by atoms with Gasteiger partial charge in [0, 0.05) is 51.0 Å². The topological polar surface area (TPSA) is 127 Å². The first-order chi connectivity index (χ1) is 20.4. The van der Waals surface area contributed by atoms with Crippen molar-refractivity contribution in [2.45, 2.75) is 75.5 Å². The van der Waals surface area contributed by atoms with Crippen LogP contribution < -0.4 is 16.0 Å². The van der Waals surface area contributed by atoms with Gasteiger partial charge in [-0.3, -0.25) is 14.4 Å². The van der Waals surface area contributed by atoms with Crippen LogP contribution in [0.4, 0.5) is 5.69 Å². The Bertz CT molecular complexity index is 1040. The van der Waals surface area contributed by atoms with Crippen LogP contribution in [0.3, 0.4) is 0 Å². The van der Waals surface area contributed by atoms with E-state index in [1.165, 1.54) is 31.0 Å². The van der Waals surface area contributed by atoms with Gasteiger partial charge in [-0.2, -0.15) is 5.26 Å². The summed E-state index contributed by atoms with van der Waals surface area (Å²) in [5.74, 6) is -0.923. The molecular weight excluding hydrogens is 552 g/mol. The second-order valence-electron chi connectivity index (χ2n) is 11.1. The van der Waals surface area contributed by atoms with Gasteiger partial charge in [0.25, 0.3) is 5.91 Å². The molecule has 0 aliphatic carbocycles. The zero-order valence-corrected chi connectivity index (χ0v) is 26.2. The normalized spacial score (nSPS) is 20.5. The van der Waals surface area contributed by atoms with Gasteiger partial charge in [0.15, 0.2) is 0 Å². The van der Waals surface area contributed by atoms with Crippen molar-refractivity contribution in [2.24, 2.45) is 5.92 Å². The Kier molecular flexibility index (Phi) is 14.4. The lowest BCUT2D eigenvalue weighted by atomic mass is 10.0. The van der Waals surface area contributed by atoms with E-state index in [0.717, 1.165) is 44.6 Å². The van der Waals surface area contributed by atoms with E-state index in [1.54, 1.807) is 24.1 Å². The molecule has 0 radical (unpaired) electrons. The maximum absolute atomic E-state index is 13.3. The maximum Gasteiger partial charge on any atom is 0.251 e. The monoisotopic (exact) mass is 600 g/mol. The first kappa shape index (κ1) is 33.7. The smallest absolute Gasteiger partial charge is 0.251 e. The molecule has 2 saturated heterocycles. The molecule has 1 aromatic carbocycles. The number of anilines is 1. The number of methoxy groups -OCH3 is 1. The lowest BCUT2D eigenvalue weighted by molar-refractivity contribution is -0.131. The van der Waals surface area contributed by atoms with Crippen LogP contribution in [-0.4, -0.2) is 97.2 Å². The van der Waals surface area contributed by atoms with Gasteiger partial charge in [-0.25, -0.2) is 0 Å². The van der Waals surface area contributed by atoms with E-state index in [9.17, 15) is 19.6 Å². The largest absolute Gasteiger partial charge is 0.383 e. The van der Waals surface area contributed by atoms with Gasteiger partial charge in [0.2, 0.25) is 11.8 Å². The van der Waals surface area contributed by atoms with E-state index in [1.807, 2.05) is 26.0 Å². The van der Waals surface area contributed by atoms with Crippen molar-refractivity contribution in [1.29, 1.82) is 5.26 Å². The van der Waals surface area contributed by atoms with Crippen LogP contribution in [0.2, 0.25) is 0 Å². The predicted molar refractivity (Wildman–Crippen MR) is 167 cm³/mol. The predicted octanol–water partition coefficient (Wildman–Crippen LogP) is 3.46. The molecule has 2 fully saturated rings. The zero-order valence-electron chi connectivity index (χ0n) is 25.4. The second kappa shape index (κ2) is 18.0. The van der Waals surface area contributed by atoms with Gasteiger partial charge < -0.3 is 30.5 Å². The fourth-order valence-corrected chi connectivity index (χ4v) is 7.01. The number of ether oxygens (including phenoxy) is 1. The summed E-state index contributed by atoms with van der Waals surface area (Å²) in [5, 5.41) is 18.5. The summed E-state index contributed by atoms with van der Waals surface area (Å²) in [6.07, 6.45) is 6.27. The van der Waals surface area contributed by atoms with Crippen molar-refractivity contribution in [2.75, 3.05) is 58.3 Å². The minimum Gasteiger partial charge on any atom is -0.383 e. The van der Waals surface area contributed by atoms with Crippen LogP contribution in [0.15, 0.2) is 24.3 Å². The van der Waals surface area contributed by atoms with E-state index in [0.29, 0.717) is 31.8 Å². The molecule has 3 N–H and O–H groups in total. The van der Waals surface area contributed by atoms with Crippen LogP contribution >= 0.6 is 11.8 Å². The summed E-state index contributed by atoms with van der Waals surface area (Å²) in [6.45, 7) is 9.12. The summed E-state index contributed by atoms with van der Waals surface area (Å²) in [6, 6.07) is 9.47. The molecule has 3 amide bonds. The number of amides is 3. The molecule has 42 heavy (non-hydrogen) atoms.